The third-order valence-electron chi connectivity index (χ3n) is 4.34. The second-order valence-electron chi connectivity index (χ2n) is 5.88. The van der Waals surface area contributed by atoms with E-state index in [0.29, 0.717) is 5.92 Å². The van der Waals surface area contributed by atoms with E-state index in [2.05, 4.69) is 68.4 Å². The molecule has 3 aromatic carbocycles. The molecular weight excluding hydrogens is 299 g/mol. The molecule has 3 aromatic rings. The van der Waals surface area contributed by atoms with Gasteiger partial charge in [0.2, 0.25) is 0 Å². The summed E-state index contributed by atoms with van der Waals surface area (Å²) in [7, 11) is -0.191. The van der Waals surface area contributed by atoms with Crippen molar-refractivity contribution in [3.63, 3.8) is 0 Å². The molecule has 0 fully saturated rings. The van der Waals surface area contributed by atoms with E-state index >= 15 is 0 Å². The lowest BCUT2D eigenvalue weighted by atomic mass is 9.87. The highest BCUT2D eigenvalue weighted by Gasteiger charge is 2.15. The van der Waals surface area contributed by atoms with Crippen LogP contribution in [0.1, 0.15) is 29.5 Å². The molecule has 116 valence electrons. The van der Waals surface area contributed by atoms with Crippen LogP contribution in [-0.2, 0) is 0 Å². The van der Waals surface area contributed by atoms with Gasteiger partial charge in [0.25, 0.3) is 0 Å². The molecule has 0 bridgehead atoms. The Hall–Kier alpha value is -1.95. The van der Waals surface area contributed by atoms with Crippen molar-refractivity contribution in [2.24, 2.45) is 0 Å². The molecule has 0 heterocycles. The molecule has 0 saturated heterocycles. The molecule has 0 aromatic heterocycles. The molecular formula is C21H21OP. The minimum Gasteiger partial charge on any atom is -0.372 e. The maximum atomic E-state index is 9.68. The number of hydrogen-bond acceptors (Lipinski definition) is 1. The SMILES string of the molecule is Cc1ccc(C(C)c2ccccc2-c2ccccc2PO)cc1. The van der Waals surface area contributed by atoms with Gasteiger partial charge in [-0.3, -0.25) is 0 Å². The Morgan fingerprint density at radius 3 is 2.09 bits per heavy atom. The quantitative estimate of drug-likeness (QED) is 0.669. The number of benzene rings is 3. The fourth-order valence-corrected chi connectivity index (χ4v) is 3.48. The van der Waals surface area contributed by atoms with Gasteiger partial charge in [0, 0.05) is 20.0 Å². The van der Waals surface area contributed by atoms with Crippen LogP contribution in [0.4, 0.5) is 0 Å². The maximum Gasteiger partial charge on any atom is 0.0426 e. The molecule has 3 rings (SSSR count). The first-order chi connectivity index (χ1) is 11.2. The van der Waals surface area contributed by atoms with Crippen LogP contribution in [0.5, 0.6) is 0 Å². The van der Waals surface area contributed by atoms with Crippen molar-refractivity contribution >= 4 is 14.1 Å². The van der Waals surface area contributed by atoms with Crippen LogP contribution < -0.4 is 5.30 Å². The molecule has 1 nitrogen and oxygen atoms in total. The lowest BCUT2D eigenvalue weighted by Crippen LogP contribution is -2.04. The van der Waals surface area contributed by atoms with Crippen LogP contribution in [0.3, 0.4) is 0 Å². The summed E-state index contributed by atoms with van der Waals surface area (Å²) >= 11 is 0. The Balaban J connectivity index is 2.09. The van der Waals surface area contributed by atoms with Crippen molar-refractivity contribution in [1.82, 2.24) is 0 Å². The second-order valence-corrected chi connectivity index (χ2v) is 6.64. The lowest BCUT2D eigenvalue weighted by Gasteiger charge is -2.19. The summed E-state index contributed by atoms with van der Waals surface area (Å²) in [6.45, 7) is 4.36. The molecule has 0 aliphatic rings. The van der Waals surface area contributed by atoms with E-state index in [9.17, 15) is 4.89 Å². The summed E-state index contributed by atoms with van der Waals surface area (Å²) in [4.78, 5) is 9.68. The van der Waals surface area contributed by atoms with Gasteiger partial charge in [-0.25, -0.2) is 0 Å². The average molecular weight is 320 g/mol. The van der Waals surface area contributed by atoms with E-state index in [1.807, 2.05) is 18.2 Å². The van der Waals surface area contributed by atoms with Gasteiger partial charge in [0.05, 0.1) is 0 Å². The van der Waals surface area contributed by atoms with E-state index in [-0.39, 0.29) is 8.81 Å². The molecule has 0 radical (unpaired) electrons. The van der Waals surface area contributed by atoms with Crippen LogP contribution in [0.25, 0.3) is 11.1 Å². The van der Waals surface area contributed by atoms with Crippen LogP contribution in [0, 0.1) is 6.92 Å². The van der Waals surface area contributed by atoms with Crippen molar-refractivity contribution in [3.05, 3.63) is 89.5 Å². The summed E-state index contributed by atoms with van der Waals surface area (Å²) in [5.74, 6) is 0.307. The highest BCUT2D eigenvalue weighted by atomic mass is 31.1. The van der Waals surface area contributed by atoms with Gasteiger partial charge in [-0.2, -0.15) is 0 Å². The molecule has 2 unspecified atom stereocenters. The first-order valence-electron chi connectivity index (χ1n) is 7.85. The van der Waals surface area contributed by atoms with Gasteiger partial charge in [-0.05, 0) is 29.2 Å². The van der Waals surface area contributed by atoms with Gasteiger partial charge in [-0.15, -0.1) is 0 Å². The Morgan fingerprint density at radius 1 is 0.783 bits per heavy atom. The molecule has 0 amide bonds. The van der Waals surface area contributed by atoms with E-state index in [4.69, 9.17) is 0 Å². The number of aryl methyl sites for hydroxylation is 1. The zero-order valence-electron chi connectivity index (χ0n) is 13.5. The molecule has 2 heteroatoms. The Morgan fingerprint density at radius 2 is 1.39 bits per heavy atom. The number of hydrogen-bond donors (Lipinski definition) is 1. The first kappa shape index (κ1) is 15.9. The second kappa shape index (κ2) is 7.08. The molecule has 23 heavy (non-hydrogen) atoms. The lowest BCUT2D eigenvalue weighted by molar-refractivity contribution is 0.655. The molecule has 0 aliphatic heterocycles. The van der Waals surface area contributed by atoms with E-state index in [0.717, 1.165) is 10.9 Å². The highest BCUT2D eigenvalue weighted by Crippen LogP contribution is 2.33. The van der Waals surface area contributed by atoms with Gasteiger partial charge < -0.3 is 4.89 Å². The number of rotatable bonds is 4. The van der Waals surface area contributed by atoms with Crippen LogP contribution in [0.2, 0.25) is 0 Å². The van der Waals surface area contributed by atoms with Gasteiger partial charge >= 0.3 is 0 Å². The third-order valence-corrected chi connectivity index (χ3v) is 5.02. The standard InChI is InChI=1S/C21H21OP/c1-15-11-13-17(14-12-15)16(2)18-7-3-4-8-19(18)20-9-5-6-10-21(20)23-22/h3-14,16,22-23H,1-2H3. The van der Waals surface area contributed by atoms with Crippen molar-refractivity contribution in [2.45, 2.75) is 19.8 Å². The minimum absolute atomic E-state index is 0.191. The molecule has 0 spiro atoms. The van der Waals surface area contributed by atoms with Crippen molar-refractivity contribution in [3.8, 4) is 11.1 Å². The van der Waals surface area contributed by atoms with E-state index in [1.165, 1.54) is 22.3 Å². The predicted molar refractivity (Wildman–Crippen MR) is 101 cm³/mol. The third kappa shape index (κ3) is 3.37. The monoisotopic (exact) mass is 320 g/mol. The minimum atomic E-state index is -0.191. The van der Waals surface area contributed by atoms with Crippen molar-refractivity contribution in [1.29, 1.82) is 0 Å². The predicted octanol–water partition coefficient (Wildman–Crippen LogP) is 5.02. The molecule has 0 saturated carbocycles. The molecule has 2 atom stereocenters. The zero-order valence-corrected chi connectivity index (χ0v) is 14.5. The largest absolute Gasteiger partial charge is 0.372 e. The first-order valence-corrected chi connectivity index (χ1v) is 8.80. The van der Waals surface area contributed by atoms with Gasteiger partial charge in [0.15, 0.2) is 0 Å². The zero-order chi connectivity index (χ0) is 16.2. The summed E-state index contributed by atoms with van der Waals surface area (Å²) < 4.78 is 0. The Bertz CT molecular complexity index is 793. The van der Waals surface area contributed by atoms with Crippen molar-refractivity contribution < 1.29 is 4.89 Å². The summed E-state index contributed by atoms with van der Waals surface area (Å²) in [5, 5.41) is 0.996. The molecule has 1 N–H and O–H groups in total. The smallest absolute Gasteiger partial charge is 0.0426 e. The topological polar surface area (TPSA) is 20.2 Å². The van der Waals surface area contributed by atoms with Crippen LogP contribution in [-0.4, -0.2) is 4.89 Å². The summed E-state index contributed by atoms with van der Waals surface area (Å²) in [6.07, 6.45) is 0. The Kier molecular flexibility index (Phi) is 4.91. The van der Waals surface area contributed by atoms with Crippen molar-refractivity contribution in [2.75, 3.05) is 0 Å². The van der Waals surface area contributed by atoms with Gasteiger partial charge in [0.1, 0.15) is 0 Å². The van der Waals surface area contributed by atoms with Gasteiger partial charge in [-0.1, -0.05) is 85.3 Å². The fourth-order valence-electron chi connectivity index (χ4n) is 2.97. The van der Waals surface area contributed by atoms with E-state index < -0.39 is 0 Å². The Labute approximate surface area is 139 Å². The maximum absolute atomic E-state index is 9.68. The fraction of sp³-hybridized carbons (Fsp3) is 0.143. The summed E-state index contributed by atoms with van der Waals surface area (Å²) in [5.41, 5.74) is 6.22. The molecule has 0 aliphatic carbocycles. The summed E-state index contributed by atoms with van der Waals surface area (Å²) in [6, 6.07) is 25.4. The van der Waals surface area contributed by atoms with Crippen LogP contribution in [0.15, 0.2) is 72.8 Å². The highest BCUT2D eigenvalue weighted by molar-refractivity contribution is 7.41. The normalized spacial score (nSPS) is 12.7. The average Bonchev–Trinajstić information content (AvgIpc) is 2.62. The van der Waals surface area contributed by atoms with Crippen LogP contribution >= 0.6 is 8.81 Å². The van der Waals surface area contributed by atoms with E-state index in [1.54, 1.807) is 0 Å².